The third-order valence-corrected chi connectivity index (χ3v) is 6.14. The zero-order valence-electron chi connectivity index (χ0n) is 19.9. The van der Waals surface area contributed by atoms with Crippen molar-refractivity contribution in [3.8, 4) is 0 Å². The van der Waals surface area contributed by atoms with Crippen LogP contribution in [0.3, 0.4) is 0 Å². The third kappa shape index (κ3) is 14.1. The number of amidine groups is 1. The van der Waals surface area contributed by atoms with Crippen LogP contribution in [0.2, 0.25) is 0 Å². The minimum Gasteiger partial charge on any atom is -0.748 e. The van der Waals surface area contributed by atoms with Gasteiger partial charge in [-0.3, -0.25) is 14.3 Å². The molecule has 8 nitrogen and oxygen atoms in total. The zero-order chi connectivity index (χ0) is 23.1. The van der Waals surface area contributed by atoms with Gasteiger partial charge < -0.3 is 14.8 Å². The summed E-state index contributed by atoms with van der Waals surface area (Å²) in [5.74, 6) is -0.546. The molecule has 0 amide bonds. The predicted octanol–water partition coefficient (Wildman–Crippen LogP) is -1.34. The first-order chi connectivity index (χ1) is 14.8. The first-order valence-corrected chi connectivity index (χ1v) is 13.1. The number of carbonyl (C=O) groups is 1. The molecule has 0 spiro atoms. The van der Waals surface area contributed by atoms with E-state index in [4.69, 9.17) is 0 Å². The summed E-state index contributed by atoms with van der Waals surface area (Å²) in [4.78, 5) is 14.6. The second-order valence-electron chi connectivity index (χ2n) is 8.20. The van der Waals surface area contributed by atoms with Crippen LogP contribution in [0.25, 0.3) is 0 Å². The number of aliphatic hydroxyl groups excluding tert-OH is 2. The number of ketones is 1. The molecular weight excluding hydrogens is 443 g/mol. The molecule has 0 aromatic heterocycles. The van der Waals surface area contributed by atoms with E-state index in [-0.39, 0.29) is 48.5 Å². The maximum absolute atomic E-state index is 12.8. The largest absolute Gasteiger partial charge is 1.00 e. The van der Waals surface area contributed by atoms with Gasteiger partial charge in [0.1, 0.15) is 32.3 Å². The molecule has 0 aliphatic carbocycles. The minimum absolute atomic E-state index is 0. The molecule has 180 valence electrons. The van der Waals surface area contributed by atoms with Crippen molar-refractivity contribution in [2.45, 2.75) is 77.2 Å². The van der Waals surface area contributed by atoms with E-state index in [2.05, 4.69) is 19.1 Å². The molecule has 1 unspecified atom stereocenters. The molecule has 1 rings (SSSR count). The van der Waals surface area contributed by atoms with Crippen molar-refractivity contribution in [1.82, 2.24) is 4.90 Å². The van der Waals surface area contributed by atoms with Crippen LogP contribution in [0, 0.1) is 0 Å². The van der Waals surface area contributed by atoms with E-state index in [1.807, 2.05) is 0 Å². The monoisotopic (exact) mass is 483 g/mol. The second-order valence-corrected chi connectivity index (χ2v) is 9.65. The number of unbranched alkanes of at least 4 members (excludes halogenated alkanes) is 7. The average Bonchev–Trinajstić information content (AvgIpc) is 3.06. The zero-order valence-corrected chi connectivity index (χ0v) is 22.7. The Hall–Kier alpha value is -0.290. The van der Waals surface area contributed by atoms with Crippen molar-refractivity contribution in [2.24, 2.45) is 0 Å². The number of β-amino-alcohol motifs (C(OH)–C–C–N with tert-alkyl or cyclic N) is 2. The van der Waals surface area contributed by atoms with Crippen molar-refractivity contribution in [2.75, 3.05) is 38.5 Å². The van der Waals surface area contributed by atoms with E-state index in [0.29, 0.717) is 31.9 Å². The predicted molar refractivity (Wildman–Crippen MR) is 120 cm³/mol. The Kier molecular flexibility index (Phi) is 17.9. The number of Topliss-reactive ketones (excluding diaryl/α,β-unsaturated/α-hetero) is 1. The summed E-state index contributed by atoms with van der Waals surface area (Å²) in [6, 6.07) is 0. The van der Waals surface area contributed by atoms with Gasteiger partial charge in [-0.2, -0.15) is 0 Å². The molecule has 0 aromatic carbocycles. The van der Waals surface area contributed by atoms with Gasteiger partial charge in [-0.1, -0.05) is 44.8 Å². The molecule has 2 N–H and O–H groups in total. The Morgan fingerprint density at radius 1 is 1.16 bits per heavy atom. The Labute approximate surface area is 215 Å². The van der Waals surface area contributed by atoms with Crippen LogP contribution in [-0.4, -0.2) is 88.9 Å². The molecule has 1 atom stereocenters. The maximum Gasteiger partial charge on any atom is 1.00 e. The smallest absolute Gasteiger partial charge is 0.748 e. The van der Waals surface area contributed by atoms with Gasteiger partial charge in [0, 0.05) is 6.42 Å². The number of hydrogen-bond acceptors (Lipinski definition) is 7. The van der Waals surface area contributed by atoms with Gasteiger partial charge in [-0.15, -0.1) is 0 Å². The number of allylic oxidation sites excluding steroid dienone is 2. The van der Waals surface area contributed by atoms with Gasteiger partial charge in [-0.05, 0) is 32.1 Å². The Morgan fingerprint density at radius 2 is 1.78 bits per heavy atom. The first-order valence-electron chi connectivity index (χ1n) is 11.6. The van der Waals surface area contributed by atoms with Gasteiger partial charge in [0.15, 0.2) is 0 Å². The summed E-state index contributed by atoms with van der Waals surface area (Å²) in [6.07, 6.45) is 13.4. The van der Waals surface area contributed by atoms with Crippen LogP contribution in [0.4, 0.5) is 0 Å². The summed E-state index contributed by atoms with van der Waals surface area (Å²) in [5.41, 5.74) is 0. The Balaban J connectivity index is 0.00000961. The molecule has 32 heavy (non-hydrogen) atoms. The number of carbonyl (C=O) groups excluding carboxylic acids is 1. The molecule has 1 aliphatic rings. The molecule has 1 aliphatic heterocycles. The van der Waals surface area contributed by atoms with Crippen LogP contribution in [0.5, 0.6) is 0 Å². The second kappa shape index (κ2) is 18.1. The molecule has 0 aromatic rings. The SMILES string of the molecule is CCCCCC/C=C/CCCCCC(=O)C1=[N+](CC(O)CS(=O)(=O)[O-])CCN1CCO.[Na+]. The van der Waals surface area contributed by atoms with Crippen LogP contribution in [0.15, 0.2) is 12.2 Å². The quantitative estimate of drug-likeness (QED) is 0.0814. The molecule has 10 heteroatoms. The van der Waals surface area contributed by atoms with Gasteiger partial charge in [-0.25, -0.2) is 8.42 Å². The van der Waals surface area contributed by atoms with Crippen LogP contribution < -0.4 is 29.6 Å². The third-order valence-electron chi connectivity index (χ3n) is 5.35. The number of aliphatic hydroxyl groups is 2. The van der Waals surface area contributed by atoms with E-state index >= 15 is 0 Å². The van der Waals surface area contributed by atoms with E-state index in [9.17, 15) is 28.0 Å². The fourth-order valence-electron chi connectivity index (χ4n) is 3.83. The van der Waals surface area contributed by atoms with Crippen molar-refractivity contribution in [3.63, 3.8) is 0 Å². The van der Waals surface area contributed by atoms with Crippen molar-refractivity contribution < 1.29 is 62.1 Å². The van der Waals surface area contributed by atoms with Gasteiger partial charge in [0.2, 0.25) is 5.78 Å². The maximum atomic E-state index is 12.8. The average molecular weight is 484 g/mol. The van der Waals surface area contributed by atoms with E-state index in [0.717, 1.165) is 32.1 Å². The first kappa shape index (κ1) is 31.7. The molecule has 0 saturated carbocycles. The molecule has 0 radical (unpaired) electrons. The van der Waals surface area contributed by atoms with Crippen LogP contribution >= 0.6 is 0 Å². The summed E-state index contributed by atoms with van der Waals surface area (Å²) in [5, 5.41) is 19.2. The standard InChI is InChI=1S/C22H40N2O6S.Na/c1-2-3-4-5-6-7-8-9-10-11-12-13-21(27)22-23(16-17-25)14-15-24(22)18-20(26)19-31(28,29)30;/h7-8,20,25-26H,2-6,9-19H2,1H3;/q;+1/b8-7+;. The molecule has 0 saturated heterocycles. The van der Waals surface area contributed by atoms with Crippen LogP contribution in [0.1, 0.15) is 71.1 Å². The van der Waals surface area contributed by atoms with Crippen molar-refractivity contribution >= 4 is 21.7 Å². The van der Waals surface area contributed by atoms with E-state index in [1.165, 1.54) is 25.7 Å². The summed E-state index contributed by atoms with van der Waals surface area (Å²) < 4.78 is 34.2. The Bertz CT molecular complexity index is 697. The van der Waals surface area contributed by atoms with E-state index in [1.54, 1.807) is 9.48 Å². The summed E-state index contributed by atoms with van der Waals surface area (Å²) >= 11 is 0. The van der Waals surface area contributed by atoms with Crippen molar-refractivity contribution in [3.05, 3.63) is 12.2 Å². The fraction of sp³-hybridized carbons (Fsp3) is 0.818. The van der Waals surface area contributed by atoms with Gasteiger partial charge in [0.05, 0.1) is 22.5 Å². The normalized spacial score (nSPS) is 15.4. The topological polar surface area (TPSA) is 121 Å². The number of nitrogens with zero attached hydrogens (tertiary/aromatic N) is 2. The number of rotatable bonds is 18. The summed E-state index contributed by atoms with van der Waals surface area (Å²) in [6.45, 7) is 3.27. The number of hydrogen-bond donors (Lipinski definition) is 2. The van der Waals surface area contributed by atoms with Gasteiger partial charge >= 0.3 is 35.4 Å². The molecule has 1 heterocycles. The summed E-state index contributed by atoms with van der Waals surface area (Å²) in [7, 11) is -4.54. The minimum atomic E-state index is -4.54. The van der Waals surface area contributed by atoms with E-state index < -0.39 is 22.0 Å². The molecule has 0 fully saturated rings. The Morgan fingerprint density at radius 3 is 2.34 bits per heavy atom. The fourth-order valence-corrected chi connectivity index (χ4v) is 4.40. The molecular formula is C22H40N2NaO6S+. The molecule has 0 bridgehead atoms. The van der Waals surface area contributed by atoms with Gasteiger partial charge in [0.25, 0.3) is 0 Å². The van der Waals surface area contributed by atoms with Crippen molar-refractivity contribution in [1.29, 1.82) is 0 Å². The van der Waals surface area contributed by atoms with Crippen LogP contribution in [-0.2, 0) is 14.9 Å².